The van der Waals surface area contributed by atoms with Gasteiger partial charge in [-0.3, -0.25) is 4.79 Å². The number of carboxylic acids is 1. The molecule has 94 valence electrons. The van der Waals surface area contributed by atoms with Crippen molar-refractivity contribution in [3.8, 4) is 0 Å². The van der Waals surface area contributed by atoms with Gasteiger partial charge in [0.1, 0.15) is 0 Å². The number of aryl methyl sites for hydroxylation is 2. The van der Waals surface area contributed by atoms with Gasteiger partial charge in [-0.15, -0.1) is 0 Å². The Morgan fingerprint density at radius 2 is 1.71 bits per heavy atom. The molecule has 0 amide bonds. The van der Waals surface area contributed by atoms with E-state index in [1.807, 2.05) is 52.8 Å². The van der Waals surface area contributed by atoms with Gasteiger partial charge in [-0.05, 0) is 42.4 Å². The highest BCUT2D eigenvalue weighted by Gasteiger charge is 2.31. The van der Waals surface area contributed by atoms with Crippen LogP contribution in [0.15, 0.2) is 18.2 Å². The first-order chi connectivity index (χ1) is 7.73. The lowest BCUT2D eigenvalue weighted by molar-refractivity contribution is -0.145. The second kappa shape index (κ2) is 4.91. The van der Waals surface area contributed by atoms with E-state index in [1.165, 1.54) is 16.7 Å². The Morgan fingerprint density at radius 3 is 2.06 bits per heavy atom. The maximum absolute atomic E-state index is 11.4. The second-order valence-electron chi connectivity index (χ2n) is 5.83. The number of aliphatic carboxylic acids is 1. The minimum atomic E-state index is -0.708. The number of hydrogen-bond donors (Lipinski definition) is 1. The molecule has 1 atom stereocenters. The molecular formula is C15H22O2. The Hall–Kier alpha value is -1.31. The summed E-state index contributed by atoms with van der Waals surface area (Å²) in [5.74, 6) is -1.05. The Balaban J connectivity index is 3.07. The van der Waals surface area contributed by atoms with E-state index >= 15 is 0 Å². The Labute approximate surface area is 104 Å². The lowest BCUT2D eigenvalue weighted by Crippen LogP contribution is -2.30. The van der Waals surface area contributed by atoms with Crippen LogP contribution >= 0.6 is 0 Å². The Kier molecular flexibility index (Phi) is 3.97. The fraction of sp³-hybridized carbons (Fsp3) is 0.533. The lowest BCUT2D eigenvalue weighted by Gasteiger charge is -2.28. The van der Waals surface area contributed by atoms with Crippen molar-refractivity contribution in [2.45, 2.75) is 41.0 Å². The summed E-state index contributed by atoms with van der Waals surface area (Å²) in [6.45, 7) is 10.0. The highest BCUT2D eigenvalue weighted by Crippen LogP contribution is 2.31. The SMILES string of the molecule is Cc1cccc(C)c1CC(C(=O)O)C(C)(C)C. The van der Waals surface area contributed by atoms with Crippen LogP contribution in [0.3, 0.4) is 0 Å². The van der Waals surface area contributed by atoms with Crippen LogP contribution in [0.2, 0.25) is 0 Å². The molecule has 0 radical (unpaired) electrons. The molecule has 17 heavy (non-hydrogen) atoms. The van der Waals surface area contributed by atoms with E-state index in [0.717, 1.165) is 0 Å². The van der Waals surface area contributed by atoms with Gasteiger partial charge in [0, 0.05) is 0 Å². The molecule has 2 heteroatoms. The van der Waals surface area contributed by atoms with E-state index in [0.29, 0.717) is 6.42 Å². The van der Waals surface area contributed by atoms with Gasteiger partial charge in [-0.1, -0.05) is 39.0 Å². The van der Waals surface area contributed by atoms with Crippen molar-refractivity contribution in [3.05, 3.63) is 34.9 Å². The van der Waals surface area contributed by atoms with Crippen LogP contribution in [0.25, 0.3) is 0 Å². The molecule has 1 aromatic carbocycles. The molecule has 0 fully saturated rings. The van der Waals surface area contributed by atoms with Gasteiger partial charge in [0.25, 0.3) is 0 Å². The van der Waals surface area contributed by atoms with Crippen LogP contribution in [0.4, 0.5) is 0 Å². The van der Waals surface area contributed by atoms with E-state index in [-0.39, 0.29) is 11.3 Å². The highest BCUT2D eigenvalue weighted by molar-refractivity contribution is 5.71. The third-order valence-electron chi connectivity index (χ3n) is 3.40. The summed E-state index contributed by atoms with van der Waals surface area (Å²) in [6.07, 6.45) is 0.608. The molecule has 0 spiro atoms. The van der Waals surface area contributed by atoms with Crippen LogP contribution in [0, 0.1) is 25.2 Å². The molecule has 0 aliphatic carbocycles. The molecule has 0 heterocycles. The third kappa shape index (κ3) is 3.32. The quantitative estimate of drug-likeness (QED) is 0.867. The second-order valence-corrected chi connectivity index (χ2v) is 5.83. The van der Waals surface area contributed by atoms with Crippen molar-refractivity contribution in [1.82, 2.24) is 0 Å². The van der Waals surface area contributed by atoms with Gasteiger partial charge in [-0.2, -0.15) is 0 Å². The van der Waals surface area contributed by atoms with Gasteiger partial charge in [0.2, 0.25) is 0 Å². The topological polar surface area (TPSA) is 37.3 Å². The van der Waals surface area contributed by atoms with Crippen molar-refractivity contribution in [3.63, 3.8) is 0 Å². The van der Waals surface area contributed by atoms with Gasteiger partial charge >= 0.3 is 5.97 Å². The van der Waals surface area contributed by atoms with E-state index in [9.17, 15) is 9.90 Å². The fourth-order valence-electron chi connectivity index (χ4n) is 2.14. The number of hydrogen-bond acceptors (Lipinski definition) is 1. The summed E-state index contributed by atoms with van der Waals surface area (Å²) in [4.78, 5) is 11.4. The highest BCUT2D eigenvalue weighted by atomic mass is 16.4. The van der Waals surface area contributed by atoms with E-state index in [2.05, 4.69) is 0 Å². The zero-order chi connectivity index (χ0) is 13.2. The van der Waals surface area contributed by atoms with Crippen molar-refractivity contribution in [2.24, 2.45) is 11.3 Å². The zero-order valence-electron chi connectivity index (χ0n) is 11.4. The molecule has 1 rings (SSSR count). The van der Waals surface area contributed by atoms with Crippen LogP contribution in [-0.2, 0) is 11.2 Å². The van der Waals surface area contributed by atoms with Crippen molar-refractivity contribution < 1.29 is 9.90 Å². The Bertz CT molecular complexity index is 393. The van der Waals surface area contributed by atoms with Gasteiger partial charge in [-0.25, -0.2) is 0 Å². The first-order valence-electron chi connectivity index (χ1n) is 6.01. The van der Waals surface area contributed by atoms with E-state index in [4.69, 9.17) is 0 Å². The number of carbonyl (C=O) groups is 1. The standard InChI is InChI=1S/C15H22O2/c1-10-7-6-8-11(2)12(10)9-13(14(16)17)15(3,4)5/h6-8,13H,9H2,1-5H3,(H,16,17). The summed E-state index contributed by atoms with van der Waals surface area (Å²) in [6, 6.07) is 6.11. The molecule has 1 N–H and O–H groups in total. The smallest absolute Gasteiger partial charge is 0.307 e. The van der Waals surface area contributed by atoms with Gasteiger partial charge in [0.15, 0.2) is 0 Å². The predicted molar refractivity (Wildman–Crippen MR) is 70.2 cm³/mol. The number of carboxylic acid groups (broad SMARTS) is 1. The van der Waals surface area contributed by atoms with Crippen LogP contribution < -0.4 is 0 Å². The van der Waals surface area contributed by atoms with Crippen LogP contribution in [-0.4, -0.2) is 11.1 Å². The lowest BCUT2D eigenvalue weighted by atomic mass is 9.76. The van der Waals surface area contributed by atoms with E-state index in [1.54, 1.807) is 0 Å². The minimum Gasteiger partial charge on any atom is -0.481 e. The molecule has 2 nitrogen and oxygen atoms in total. The molecule has 0 aliphatic rings. The first-order valence-corrected chi connectivity index (χ1v) is 6.01. The van der Waals surface area contributed by atoms with Gasteiger partial charge < -0.3 is 5.11 Å². The average molecular weight is 234 g/mol. The maximum Gasteiger partial charge on any atom is 0.307 e. The van der Waals surface area contributed by atoms with Crippen LogP contribution in [0.1, 0.15) is 37.5 Å². The van der Waals surface area contributed by atoms with Crippen molar-refractivity contribution >= 4 is 5.97 Å². The van der Waals surface area contributed by atoms with Gasteiger partial charge in [0.05, 0.1) is 5.92 Å². The monoisotopic (exact) mass is 234 g/mol. The molecule has 0 aromatic heterocycles. The summed E-state index contributed by atoms with van der Waals surface area (Å²) in [7, 11) is 0. The Morgan fingerprint density at radius 1 is 1.24 bits per heavy atom. The predicted octanol–water partition coefficient (Wildman–Crippen LogP) is 3.59. The summed E-state index contributed by atoms with van der Waals surface area (Å²) in [5.41, 5.74) is 3.32. The maximum atomic E-state index is 11.4. The largest absolute Gasteiger partial charge is 0.481 e. The summed E-state index contributed by atoms with van der Waals surface area (Å²) >= 11 is 0. The molecule has 0 bridgehead atoms. The normalized spacial score (nSPS) is 13.5. The average Bonchev–Trinajstić information content (AvgIpc) is 2.14. The van der Waals surface area contributed by atoms with Crippen LogP contribution in [0.5, 0.6) is 0 Å². The molecule has 0 aliphatic heterocycles. The molecular weight excluding hydrogens is 212 g/mol. The molecule has 0 saturated heterocycles. The third-order valence-corrected chi connectivity index (χ3v) is 3.40. The summed E-state index contributed by atoms with van der Waals surface area (Å²) < 4.78 is 0. The fourth-order valence-corrected chi connectivity index (χ4v) is 2.14. The van der Waals surface area contributed by atoms with Crippen molar-refractivity contribution in [2.75, 3.05) is 0 Å². The van der Waals surface area contributed by atoms with Crippen molar-refractivity contribution in [1.29, 1.82) is 0 Å². The number of benzene rings is 1. The van der Waals surface area contributed by atoms with E-state index < -0.39 is 5.97 Å². The molecule has 1 unspecified atom stereocenters. The first kappa shape index (κ1) is 13.8. The zero-order valence-corrected chi connectivity index (χ0v) is 11.4. The number of rotatable bonds is 3. The minimum absolute atomic E-state index is 0.222. The molecule has 0 saturated carbocycles. The summed E-state index contributed by atoms with van der Waals surface area (Å²) in [5, 5.41) is 9.35. The molecule has 1 aromatic rings.